The minimum Gasteiger partial charge on any atom is -0.585 e. The number of thioether (sulfide) groups is 1. The molecule has 7 heteroatoms. The first-order valence-electron chi connectivity index (χ1n) is 8.26. The molecule has 2 heterocycles. The number of benzene rings is 1. The van der Waals surface area contributed by atoms with Crippen molar-refractivity contribution in [3.8, 4) is 5.75 Å². The maximum Gasteiger partial charge on any atom is 1.00 e. The van der Waals surface area contributed by atoms with E-state index >= 15 is 0 Å². The van der Waals surface area contributed by atoms with E-state index in [4.69, 9.17) is 4.74 Å². The minimum atomic E-state index is -0.393. The first kappa shape index (κ1) is 21.6. The summed E-state index contributed by atoms with van der Waals surface area (Å²) in [5.41, 5.74) is 3.23. The van der Waals surface area contributed by atoms with Gasteiger partial charge in [0.1, 0.15) is 11.0 Å². The van der Waals surface area contributed by atoms with Crippen LogP contribution in [0.5, 0.6) is 5.75 Å². The fourth-order valence-electron chi connectivity index (χ4n) is 2.51. The summed E-state index contributed by atoms with van der Waals surface area (Å²) in [6.45, 7) is 2.67. The molecule has 1 saturated heterocycles. The van der Waals surface area contributed by atoms with Crippen LogP contribution in [0.15, 0.2) is 42.6 Å². The zero-order valence-corrected chi connectivity index (χ0v) is 18.9. The van der Waals surface area contributed by atoms with Crippen molar-refractivity contribution < 1.29 is 65.7 Å². The van der Waals surface area contributed by atoms with E-state index in [-0.39, 0.29) is 57.3 Å². The van der Waals surface area contributed by atoms with Crippen LogP contribution in [0.2, 0.25) is 0 Å². The first-order valence-corrected chi connectivity index (χ1v) is 9.13. The van der Waals surface area contributed by atoms with Crippen molar-refractivity contribution in [2.45, 2.75) is 31.4 Å². The van der Waals surface area contributed by atoms with Crippen molar-refractivity contribution in [2.75, 3.05) is 6.61 Å². The molecule has 2 amide bonds. The van der Waals surface area contributed by atoms with Gasteiger partial charge in [0, 0.05) is 18.3 Å². The van der Waals surface area contributed by atoms with Crippen LogP contribution >= 0.6 is 11.8 Å². The van der Waals surface area contributed by atoms with Crippen molar-refractivity contribution in [1.82, 2.24) is 4.98 Å². The van der Waals surface area contributed by atoms with E-state index in [1.54, 1.807) is 0 Å². The molecule has 0 radical (unpaired) electrons. The number of aryl methyl sites for hydroxylation is 1. The van der Waals surface area contributed by atoms with Crippen LogP contribution in [-0.2, 0) is 24.1 Å². The Balaban J connectivity index is 0.00000243. The number of carbonyl (C=O) groups is 2. The largest absolute Gasteiger partial charge is 1.00 e. The topological polar surface area (TPSA) is 70.4 Å². The van der Waals surface area contributed by atoms with Crippen LogP contribution in [0.1, 0.15) is 23.7 Å². The molecule has 1 atom stereocenters. The molecule has 5 nitrogen and oxygen atoms in total. The summed E-state index contributed by atoms with van der Waals surface area (Å²) in [5.74, 6) is 0.442. The second kappa shape index (κ2) is 10.6. The van der Waals surface area contributed by atoms with Crippen LogP contribution in [0, 0.1) is 0 Å². The fourth-order valence-corrected chi connectivity index (χ4v) is 3.33. The maximum absolute atomic E-state index is 11.5. The molecular weight excluding hydrogens is 375 g/mol. The van der Waals surface area contributed by atoms with Gasteiger partial charge < -0.3 is 19.6 Å². The SMILES string of the molecule is CCc1ccc(CCOc2ccc(CC3SC(=O)[N-]C3=O)cc2)nc1.[K+]. The van der Waals surface area contributed by atoms with Crippen molar-refractivity contribution >= 4 is 22.9 Å². The first-order chi connectivity index (χ1) is 12.1. The number of aromatic nitrogens is 1. The molecule has 0 saturated carbocycles. The third-order valence-corrected chi connectivity index (χ3v) is 4.93. The zero-order valence-electron chi connectivity index (χ0n) is 15.0. The van der Waals surface area contributed by atoms with E-state index in [2.05, 4.69) is 23.3 Å². The van der Waals surface area contributed by atoms with Crippen molar-refractivity contribution in [2.24, 2.45) is 0 Å². The van der Waals surface area contributed by atoms with Gasteiger partial charge in [-0.1, -0.05) is 36.9 Å². The van der Waals surface area contributed by atoms with Gasteiger partial charge in [-0.15, -0.1) is 0 Å². The van der Waals surface area contributed by atoms with Crippen molar-refractivity contribution in [1.29, 1.82) is 0 Å². The van der Waals surface area contributed by atoms with Gasteiger partial charge in [0.25, 0.3) is 0 Å². The molecule has 1 unspecified atom stereocenters. The quantitative estimate of drug-likeness (QED) is 0.654. The van der Waals surface area contributed by atoms with Crippen LogP contribution in [0.25, 0.3) is 5.32 Å². The monoisotopic (exact) mass is 394 g/mol. The van der Waals surface area contributed by atoms with E-state index in [1.165, 1.54) is 5.56 Å². The molecule has 3 rings (SSSR count). The van der Waals surface area contributed by atoms with Gasteiger partial charge in [-0.3, -0.25) is 4.98 Å². The predicted molar refractivity (Wildman–Crippen MR) is 98.1 cm³/mol. The molecule has 26 heavy (non-hydrogen) atoms. The number of ether oxygens (including phenoxy) is 1. The molecule has 2 aromatic rings. The minimum absolute atomic E-state index is 0. The molecule has 1 fully saturated rings. The van der Waals surface area contributed by atoms with E-state index in [0.29, 0.717) is 13.0 Å². The number of rotatable bonds is 7. The van der Waals surface area contributed by atoms with E-state index in [0.717, 1.165) is 41.6 Å². The van der Waals surface area contributed by atoms with Gasteiger partial charge >= 0.3 is 51.4 Å². The van der Waals surface area contributed by atoms with Gasteiger partial charge in [0.05, 0.1) is 17.8 Å². The summed E-state index contributed by atoms with van der Waals surface area (Å²) in [4.78, 5) is 27.1. The standard InChI is InChI=1S/C19H20N2O3S.K/c1-2-13-3-6-15(20-12-13)9-10-24-16-7-4-14(5-8-16)11-17-18(22)21-19(23)25-17;/h3-8,12,17H,2,9-11H2,1H3,(H,21,22,23);/q;+1/p-1. The summed E-state index contributed by atoms with van der Waals surface area (Å²) in [6, 6.07) is 11.7. The molecule has 0 N–H and O–H groups in total. The van der Waals surface area contributed by atoms with Crippen LogP contribution < -0.4 is 56.1 Å². The number of amides is 2. The van der Waals surface area contributed by atoms with E-state index in [9.17, 15) is 9.59 Å². The predicted octanol–water partition coefficient (Wildman–Crippen LogP) is 0.948. The van der Waals surface area contributed by atoms with Gasteiger partial charge in [0.2, 0.25) is 0 Å². The molecule has 1 aliphatic rings. The third-order valence-electron chi connectivity index (χ3n) is 3.99. The summed E-state index contributed by atoms with van der Waals surface area (Å²) in [6.07, 6.45) is 4.15. The zero-order chi connectivity index (χ0) is 17.6. The summed E-state index contributed by atoms with van der Waals surface area (Å²) < 4.78 is 5.74. The molecule has 1 aliphatic heterocycles. The Morgan fingerprint density at radius 1 is 1.12 bits per heavy atom. The normalized spacial score (nSPS) is 16.1. The van der Waals surface area contributed by atoms with E-state index < -0.39 is 10.5 Å². The summed E-state index contributed by atoms with van der Waals surface area (Å²) >= 11 is 0.993. The Morgan fingerprint density at radius 2 is 1.85 bits per heavy atom. The molecule has 130 valence electrons. The Labute approximate surface area is 200 Å². The fraction of sp³-hybridized carbons (Fsp3) is 0.316. The molecular formula is C19H19KN2O3S. The van der Waals surface area contributed by atoms with Crippen LogP contribution in [0.3, 0.4) is 0 Å². The third kappa shape index (κ3) is 6.18. The second-order valence-electron chi connectivity index (χ2n) is 5.78. The van der Waals surface area contributed by atoms with Gasteiger partial charge in [-0.2, -0.15) is 0 Å². The van der Waals surface area contributed by atoms with E-state index in [1.807, 2.05) is 36.5 Å². The number of hydrogen-bond acceptors (Lipinski definition) is 5. The van der Waals surface area contributed by atoms with Gasteiger partial charge in [0.15, 0.2) is 0 Å². The maximum atomic E-state index is 11.5. The number of carbonyl (C=O) groups excluding carboxylic acids is 2. The Hall–Kier alpha value is -0.704. The van der Waals surface area contributed by atoms with Crippen molar-refractivity contribution in [3.05, 3.63) is 64.7 Å². The Morgan fingerprint density at radius 3 is 2.42 bits per heavy atom. The Bertz CT molecular complexity index is 750. The average Bonchev–Trinajstić information content (AvgIpc) is 2.94. The smallest absolute Gasteiger partial charge is 0.585 e. The van der Waals surface area contributed by atoms with Crippen molar-refractivity contribution in [3.63, 3.8) is 0 Å². The number of nitrogens with zero attached hydrogens (tertiary/aromatic N) is 2. The second-order valence-corrected chi connectivity index (χ2v) is 6.93. The summed E-state index contributed by atoms with van der Waals surface area (Å²) in [7, 11) is 0. The number of hydrogen-bond donors (Lipinski definition) is 0. The molecule has 1 aromatic heterocycles. The molecule has 0 spiro atoms. The molecule has 0 bridgehead atoms. The van der Waals surface area contributed by atoms with Crippen LogP contribution in [-0.4, -0.2) is 28.0 Å². The molecule has 0 aliphatic carbocycles. The number of imide groups is 1. The number of pyridine rings is 1. The Kier molecular flexibility index (Phi) is 8.79. The summed E-state index contributed by atoms with van der Waals surface area (Å²) in [5, 5.41) is 2.63. The average molecular weight is 395 g/mol. The van der Waals surface area contributed by atoms with Gasteiger partial charge in [-0.25, -0.2) is 0 Å². The van der Waals surface area contributed by atoms with Gasteiger partial charge in [-0.05, 0) is 42.2 Å². The molecule has 1 aromatic carbocycles. The van der Waals surface area contributed by atoms with Crippen LogP contribution in [0.4, 0.5) is 4.79 Å².